The van der Waals surface area contributed by atoms with E-state index in [-0.39, 0.29) is 0 Å². The first kappa shape index (κ1) is 16.7. The van der Waals surface area contributed by atoms with Crippen molar-refractivity contribution >= 4 is 22.9 Å². The van der Waals surface area contributed by atoms with Crippen molar-refractivity contribution < 1.29 is 4.74 Å². The van der Waals surface area contributed by atoms with Crippen LogP contribution >= 0.6 is 22.9 Å². The topological polar surface area (TPSA) is 12.5 Å². The highest BCUT2D eigenvalue weighted by atomic mass is 127. The molecule has 0 amide bonds. The van der Waals surface area contributed by atoms with E-state index in [4.69, 9.17) is 4.74 Å². The van der Waals surface area contributed by atoms with E-state index < -0.39 is 0 Å². The van der Waals surface area contributed by atoms with Crippen molar-refractivity contribution in [3.8, 4) is 0 Å². The third-order valence-corrected chi connectivity index (χ3v) is 4.99. The minimum atomic E-state index is 0.510. The van der Waals surface area contributed by atoms with E-state index in [1.54, 1.807) is 0 Å². The van der Waals surface area contributed by atoms with Crippen LogP contribution in [-0.2, 0) is 4.74 Å². The Morgan fingerprint density at radius 2 is 2.00 bits per heavy atom. The quantitative estimate of drug-likeness (QED) is 0.389. The molecule has 0 aliphatic heterocycles. The highest BCUT2D eigenvalue weighted by molar-refractivity contribution is 14.1. The van der Waals surface area contributed by atoms with Crippen molar-refractivity contribution in [2.45, 2.75) is 58.5 Å². The molecule has 0 aromatic rings. The molecule has 1 aliphatic rings. The zero-order valence-electron chi connectivity index (χ0n) is 12.5. The number of hydrogen-bond acceptors (Lipinski definition) is 2. The van der Waals surface area contributed by atoms with Gasteiger partial charge in [-0.15, -0.1) is 0 Å². The van der Waals surface area contributed by atoms with E-state index in [2.05, 4.69) is 46.9 Å². The second kappa shape index (κ2) is 8.75. The van der Waals surface area contributed by atoms with Gasteiger partial charge in [0.15, 0.2) is 0 Å². The van der Waals surface area contributed by atoms with Gasteiger partial charge in [0, 0.05) is 36.5 Å². The first-order valence-corrected chi connectivity index (χ1v) is 8.44. The van der Waals surface area contributed by atoms with Crippen molar-refractivity contribution in [1.82, 2.24) is 3.11 Å². The molecule has 1 saturated carbocycles. The van der Waals surface area contributed by atoms with Gasteiger partial charge in [-0.2, -0.15) is 0 Å². The van der Waals surface area contributed by atoms with Gasteiger partial charge in [0.05, 0.1) is 6.10 Å². The molecule has 0 saturated heterocycles. The van der Waals surface area contributed by atoms with Gasteiger partial charge in [0.2, 0.25) is 0 Å². The number of ether oxygens (including phenoxy) is 1. The molecule has 4 atom stereocenters. The molecule has 0 aromatic carbocycles. The number of methoxy groups -OCH3 is 1. The first-order valence-electron chi connectivity index (χ1n) is 7.48. The highest BCUT2D eigenvalue weighted by Gasteiger charge is 2.29. The zero-order chi connectivity index (χ0) is 13.5. The Kier molecular flexibility index (Phi) is 8.12. The SMILES string of the molecule is CCC(C(C)CN(C)I)C1CCCCC(OC)C1. The molecule has 1 rings (SSSR count). The molecular formula is C15H30INO. The van der Waals surface area contributed by atoms with Crippen molar-refractivity contribution in [1.29, 1.82) is 0 Å². The maximum Gasteiger partial charge on any atom is 0.0574 e. The molecule has 1 aliphatic carbocycles. The van der Waals surface area contributed by atoms with Gasteiger partial charge < -0.3 is 4.74 Å². The normalized spacial score (nSPS) is 29.0. The van der Waals surface area contributed by atoms with Crippen molar-refractivity contribution in [2.24, 2.45) is 17.8 Å². The molecule has 0 heterocycles. The van der Waals surface area contributed by atoms with Crippen LogP contribution in [0, 0.1) is 17.8 Å². The summed E-state index contributed by atoms with van der Waals surface area (Å²) >= 11 is 2.41. The summed E-state index contributed by atoms with van der Waals surface area (Å²) in [6, 6.07) is 0. The first-order chi connectivity index (χ1) is 8.58. The van der Waals surface area contributed by atoms with Crippen molar-refractivity contribution in [3.05, 3.63) is 0 Å². The van der Waals surface area contributed by atoms with Gasteiger partial charge in [0.1, 0.15) is 0 Å². The smallest absolute Gasteiger partial charge is 0.0574 e. The third-order valence-electron chi connectivity index (χ3n) is 4.60. The Balaban J connectivity index is 2.61. The Morgan fingerprint density at radius 1 is 1.33 bits per heavy atom. The molecular weight excluding hydrogens is 337 g/mol. The Morgan fingerprint density at radius 3 is 2.56 bits per heavy atom. The lowest BCUT2D eigenvalue weighted by molar-refractivity contribution is 0.0619. The lowest BCUT2D eigenvalue weighted by Crippen LogP contribution is -2.29. The molecule has 18 heavy (non-hydrogen) atoms. The van der Waals surface area contributed by atoms with Crippen LogP contribution in [0.2, 0.25) is 0 Å². The Bertz CT molecular complexity index is 223. The van der Waals surface area contributed by atoms with Crippen LogP contribution in [0.25, 0.3) is 0 Å². The van der Waals surface area contributed by atoms with Gasteiger partial charge in [-0.25, -0.2) is 0 Å². The fourth-order valence-electron chi connectivity index (χ4n) is 3.69. The molecule has 3 heteroatoms. The predicted octanol–water partition coefficient (Wildman–Crippen LogP) is 4.53. The summed E-state index contributed by atoms with van der Waals surface area (Å²) in [6.07, 6.45) is 8.53. The van der Waals surface area contributed by atoms with E-state index in [0.29, 0.717) is 6.10 Å². The molecule has 0 spiro atoms. The highest BCUT2D eigenvalue weighted by Crippen LogP contribution is 2.36. The van der Waals surface area contributed by atoms with Crippen LogP contribution in [0.5, 0.6) is 0 Å². The van der Waals surface area contributed by atoms with Gasteiger partial charge >= 0.3 is 0 Å². The Labute approximate surface area is 127 Å². The van der Waals surface area contributed by atoms with Crippen LogP contribution < -0.4 is 0 Å². The number of nitrogens with zero attached hydrogens (tertiary/aromatic N) is 1. The van der Waals surface area contributed by atoms with Crippen molar-refractivity contribution in [2.75, 3.05) is 20.7 Å². The van der Waals surface area contributed by atoms with E-state index in [1.807, 2.05) is 7.11 Å². The van der Waals surface area contributed by atoms with Gasteiger partial charge in [-0.05, 0) is 37.6 Å². The summed E-state index contributed by atoms with van der Waals surface area (Å²) in [6.45, 7) is 5.99. The van der Waals surface area contributed by atoms with Crippen LogP contribution in [-0.4, -0.2) is 29.9 Å². The van der Waals surface area contributed by atoms with Crippen LogP contribution in [0.3, 0.4) is 0 Å². The van der Waals surface area contributed by atoms with E-state index in [1.165, 1.54) is 45.1 Å². The summed E-state index contributed by atoms with van der Waals surface area (Å²) < 4.78 is 7.95. The molecule has 1 fully saturated rings. The monoisotopic (exact) mass is 367 g/mol. The second-order valence-electron chi connectivity index (χ2n) is 5.97. The van der Waals surface area contributed by atoms with Crippen LogP contribution in [0.1, 0.15) is 52.4 Å². The Hall–Kier alpha value is 0.650. The summed E-state index contributed by atoms with van der Waals surface area (Å²) in [5.41, 5.74) is 0. The average molecular weight is 367 g/mol. The molecule has 2 nitrogen and oxygen atoms in total. The second-order valence-corrected chi connectivity index (χ2v) is 7.62. The predicted molar refractivity (Wildman–Crippen MR) is 87.0 cm³/mol. The maximum atomic E-state index is 5.64. The van der Waals surface area contributed by atoms with Gasteiger partial charge in [-0.1, -0.05) is 39.5 Å². The molecule has 0 aromatic heterocycles. The van der Waals surface area contributed by atoms with Gasteiger partial charge in [0.25, 0.3) is 0 Å². The molecule has 4 unspecified atom stereocenters. The van der Waals surface area contributed by atoms with E-state index in [9.17, 15) is 0 Å². The van der Waals surface area contributed by atoms with E-state index >= 15 is 0 Å². The zero-order valence-corrected chi connectivity index (χ0v) is 14.7. The number of rotatable bonds is 6. The standard InChI is InChI=1S/C15H30INO/c1-5-15(12(2)11-17(3)16)13-8-6-7-9-14(10-13)18-4/h12-15H,5-11H2,1-4H3. The summed E-state index contributed by atoms with van der Waals surface area (Å²) in [4.78, 5) is 0. The third kappa shape index (κ3) is 5.33. The van der Waals surface area contributed by atoms with Crippen LogP contribution in [0.15, 0.2) is 0 Å². The van der Waals surface area contributed by atoms with Crippen LogP contribution in [0.4, 0.5) is 0 Å². The largest absolute Gasteiger partial charge is 0.381 e. The number of hydrogen-bond donors (Lipinski definition) is 0. The molecule has 108 valence electrons. The van der Waals surface area contributed by atoms with Gasteiger partial charge in [-0.3, -0.25) is 3.11 Å². The fourth-order valence-corrected chi connectivity index (χ4v) is 4.31. The summed E-state index contributed by atoms with van der Waals surface area (Å²) in [5, 5.41) is 0. The van der Waals surface area contributed by atoms with Crippen molar-refractivity contribution in [3.63, 3.8) is 0 Å². The fraction of sp³-hybridized carbons (Fsp3) is 1.00. The molecule has 0 bridgehead atoms. The average Bonchev–Trinajstić information content (AvgIpc) is 2.54. The molecule has 0 N–H and O–H groups in total. The lowest BCUT2D eigenvalue weighted by atomic mass is 9.76. The minimum Gasteiger partial charge on any atom is -0.381 e. The minimum absolute atomic E-state index is 0.510. The number of halogens is 1. The maximum absolute atomic E-state index is 5.64. The summed E-state index contributed by atoms with van der Waals surface area (Å²) in [7, 11) is 4.06. The summed E-state index contributed by atoms with van der Waals surface area (Å²) in [5.74, 6) is 2.52. The molecule has 0 radical (unpaired) electrons. The van der Waals surface area contributed by atoms with E-state index in [0.717, 1.165) is 17.8 Å². The lowest BCUT2D eigenvalue weighted by Gasteiger charge is -2.33.